The number of nitrogens with zero attached hydrogens (tertiary/aromatic N) is 1. The third kappa shape index (κ3) is 4.89. The zero-order valence-corrected chi connectivity index (χ0v) is 21.7. The third-order valence-electron chi connectivity index (χ3n) is 6.28. The number of rotatable bonds is 8. The van der Waals surface area contributed by atoms with Crippen molar-refractivity contribution >= 4 is 23.1 Å². The number of anilines is 1. The Morgan fingerprint density at radius 3 is 2.24 bits per heavy atom. The number of amides is 1. The van der Waals surface area contributed by atoms with Gasteiger partial charge < -0.3 is 19.3 Å². The average molecular weight is 502 g/mol. The zero-order chi connectivity index (χ0) is 26.7. The first-order chi connectivity index (χ1) is 17.8. The molecule has 1 atom stereocenters. The van der Waals surface area contributed by atoms with E-state index in [9.17, 15) is 14.7 Å². The van der Waals surface area contributed by atoms with E-state index in [2.05, 4.69) is 0 Å². The van der Waals surface area contributed by atoms with Crippen LogP contribution in [0.1, 0.15) is 42.1 Å². The minimum Gasteiger partial charge on any atom is -0.507 e. The number of carbonyl (C=O) groups excluding carboxylic acids is 2. The number of aliphatic hydroxyl groups is 1. The molecule has 3 aromatic rings. The number of ketones is 1. The van der Waals surface area contributed by atoms with Gasteiger partial charge in [-0.25, -0.2) is 0 Å². The summed E-state index contributed by atoms with van der Waals surface area (Å²) in [4.78, 5) is 28.4. The lowest BCUT2D eigenvalue weighted by Crippen LogP contribution is -2.29. The number of methoxy groups -OCH3 is 1. The molecule has 1 N–H and O–H groups in total. The Morgan fingerprint density at radius 1 is 0.892 bits per heavy atom. The molecule has 1 aliphatic rings. The molecule has 7 heteroatoms. The van der Waals surface area contributed by atoms with Crippen LogP contribution in [0.5, 0.6) is 17.2 Å². The fourth-order valence-corrected chi connectivity index (χ4v) is 4.63. The van der Waals surface area contributed by atoms with E-state index in [1.807, 2.05) is 52.0 Å². The van der Waals surface area contributed by atoms with Crippen LogP contribution >= 0.6 is 0 Å². The Hall–Kier alpha value is -4.26. The van der Waals surface area contributed by atoms with Crippen LogP contribution in [-0.2, 0) is 9.59 Å². The number of aliphatic hydroxyl groups excluding tert-OH is 1. The van der Waals surface area contributed by atoms with Crippen LogP contribution in [-0.4, -0.2) is 37.1 Å². The predicted molar refractivity (Wildman–Crippen MR) is 142 cm³/mol. The second-order valence-corrected chi connectivity index (χ2v) is 8.76. The Balaban J connectivity index is 1.93. The van der Waals surface area contributed by atoms with E-state index in [0.717, 1.165) is 11.1 Å². The van der Waals surface area contributed by atoms with Gasteiger partial charge >= 0.3 is 0 Å². The van der Waals surface area contributed by atoms with Crippen molar-refractivity contribution in [3.63, 3.8) is 0 Å². The minimum atomic E-state index is -0.838. The molecule has 0 spiro atoms. The standard InChI is InChI=1S/C30H31NO6/c1-6-36-24-14-12-22(17-25(24)37-7-2)31-27(20-10-8-9-18(3)15-20)26(29(33)30(31)34)28(32)21-11-13-23(35-5)19(4)16-21/h8-17,27,32H,6-7H2,1-5H3/b28-26+. The van der Waals surface area contributed by atoms with Crippen LogP contribution in [0.3, 0.4) is 0 Å². The summed E-state index contributed by atoms with van der Waals surface area (Å²) in [6.45, 7) is 8.38. The number of ether oxygens (including phenoxy) is 3. The van der Waals surface area contributed by atoms with Crippen LogP contribution in [0.15, 0.2) is 66.2 Å². The lowest BCUT2D eigenvalue weighted by atomic mass is 9.94. The smallest absolute Gasteiger partial charge is 0.300 e. The van der Waals surface area contributed by atoms with Gasteiger partial charge in [-0.2, -0.15) is 0 Å². The largest absolute Gasteiger partial charge is 0.507 e. The highest BCUT2D eigenvalue weighted by molar-refractivity contribution is 6.51. The summed E-state index contributed by atoms with van der Waals surface area (Å²) in [5.41, 5.74) is 3.37. The van der Waals surface area contributed by atoms with Crippen molar-refractivity contribution in [2.45, 2.75) is 33.7 Å². The van der Waals surface area contributed by atoms with Gasteiger partial charge in [0.15, 0.2) is 11.5 Å². The Kier molecular flexibility index (Phi) is 7.53. The number of aryl methyl sites for hydroxylation is 2. The molecule has 37 heavy (non-hydrogen) atoms. The quantitative estimate of drug-likeness (QED) is 0.241. The number of hydrogen-bond acceptors (Lipinski definition) is 6. The van der Waals surface area contributed by atoms with Gasteiger partial charge in [0, 0.05) is 17.3 Å². The van der Waals surface area contributed by atoms with E-state index in [4.69, 9.17) is 14.2 Å². The van der Waals surface area contributed by atoms with E-state index in [1.54, 1.807) is 43.5 Å². The molecule has 3 aromatic carbocycles. The van der Waals surface area contributed by atoms with Gasteiger partial charge in [0.05, 0.1) is 31.9 Å². The first-order valence-corrected chi connectivity index (χ1v) is 12.2. The molecule has 1 amide bonds. The maximum atomic E-state index is 13.5. The summed E-state index contributed by atoms with van der Waals surface area (Å²) in [7, 11) is 1.57. The highest BCUT2D eigenvalue weighted by Gasteiger charge is 2.47. The Labute approximate surface area is 216 Å². The molecule has 0 aromatic heterocycles. The summed E-state index contributed by atoms with van der Waals surface area (Å²) >= 11 is 0. The highest BCUT2D eigenvalue weighted by atomic mass is 16.5. The van der Waals surface area contributed by atoms with Crippen molar-refractivity contribution in [3.05, 3.63) is 88.5 Å². The van der Waals surface area contributed by atoms with Crippen molar-refractivity contribution in [3.8, 4) is 17.2 Å². The second kappa shape index (κ2) is 10.8. The van der Waals surface area contributed by atoms with Crippen LogP contribution in [0, 0.1) is 13.8 Å². The van der Waals surface area contributed by atoms with Gasteiger partial charge in [0.1, 0.15) is 11.5 Å². The van der Waals surface area contributed by atoms with Crippen LogP contribution in [0.4, 0.5) is 5.69 Å². The van der Waals surface area contributed by atoms with Crippen LogP contribution in [0.2, 0.25) is 0 Å². The lowest BCUT2D eigenvalue weighted by Gasteiger charge is -2.26. The van der Waals surface area contributed by atoms with Crippen LogP contribution < -0.4 is 19.1 Å². The zero-order valence-electron chi connectivity index (χ0n) is 21.7. The van der Waals surface area contributed by atoms with E-state index < -0.39 is 17.7 Å². The summed E-state index contributed by atoms with van der Waals surface area (Å²) < 4.78 is 16.8. The van der Waals surface area contributed by atoms with Gasteiger partial charge in [-0.05, 0) is 69.2 Å². The van der Waals surface area contributed by atoms with Gasteiger partial charge in [0.25, 0.3) is 11.7 Å². The SMILES string of the molecule is CCOc1ccc(N2C(=O)C(=O)/C(=C(/O)c3ccc(OC)c(C)c3)C2c2cccc(C)c2)cc1OCC. The maximum Gasteiger partial charge on any atom is 0.300 e. The molecule has 192 valence electrons. The molecule has 1 fully saturated rings. The lowest BCUT2D eigenvalue weighted by molar-refractivity contribution is -0.132. The summed E-state index contributed by atoms with van der Waals surface area (Å²) in [6.07, 6.45) is 0. The fraction of sp³-hybridized carbons (Fsp3) is 0.267. The van der Waals surface area contributed by atoms with Gasteiger partial charge in [-0.3, -0.25) is 14.5 Å². The molecule has 1 aliphatic heterocycles. The highest BCUT2D eigenvalue weighted by Crippen LogP contribution is 2.44. The summed E-state index contributed by atoms with van der Waals surface area (Å²) in [6, 6.07) is 17.0. The third-order valence-corrected chi connectivity index (χ3v) is 6.28. The van der Waals surface area contributed by atoms with Crippen molar-refractivity contribution in [2.24, 2.45) is 0 Å². The minimum absolute atomic E-state index is 0.0204. The summed E-state index contributed by atoms with van der Waals surface area (Å²) in [5, 5.41) is 11.4. The topological polar surface area (TPSA) is 85.3 Å². The van der Waals surface area contributed by atoms with Crippen molar-refractivity contribution in [1.82, 2.24) is 0 Å². The molecule has 0 radical (unpaired) electrons. The van der Waals surface area contributed by atoms with Crippen molar-refractivity contribution in [1.29, 1.82) is 0 Å². The Bertz CT molecular complexity index is 1380. The molecule has 0 aliphatic carbocycles. The average Bonchev–Trinajstić information content (AvgIpc) is 3.15. The van der Waals surface area contributed by atoms with E-state index in [1.165, 1.54) is 4.90 Å². The molecule has 0 saturated carbocycles. The molecule has 1 saturated heterocycles. The van der Waals surface area contributed by atoms with Crippen LogP contribution in [0.25, 0.3) is 5.76 Å². The monoisotopic (exact) mass is 501 g/mol. The molecular formula is C30H31NO6. The predicted octanol–water partition coefficient (Wildman–Crippen LogP) is 5.74. The second-order valence-electron chi connectivity index (χ2n) is 8.76. The van der Waals surface area contributed by atoms with Gasteiger partial charge in [0.2, 0.25) is 0 Å². The van der Waals surface area contributed by atoms with Gasteiger partial charge in [-0.15, -0.1) is 0 Å². The first kappa shape index (κ1) is 25.8. The molecule has 0 bridgehead atoms. The number of benzene rings is 3. The van der Waals surface area contributed by atoms with E-state index in [0.29, 0.717) is 47.3 Å². The number of hydrogen-bond donors (Lipinski definition) is 1. The summed E-state index contributed by atoms with van der Waals surface area (Å²) in [5.74, 6) is -0.0589. The Morgan fingerprint density at radius 2 is 1.59 bits per heavy atom. The number of carbonyl (C=O) groups is 2. The van der Waals surface area contributed by atoms with Gasteiger partial charge in [-0.1, -0.05) is 29.8 Å². The first-order valence-electron chi connectivity index (χ1n) is 12.2. The van der Waals surface area contributed by atoms with Crippen molar-refractivity contribution in [2.75, 3.05) is 25.2 Å². The maximum absolute atomic E-state index is 13.5. The molecule has 4 rings (SSSR count). The molecule has 1 heterocycles. The molecule has 1 unspecified atom stereocenters. The fourth-order valence-electron chi connectivity index (χ4n) is 4.63. The normalized spacial score (nSPS) is 16.7. The van der Waals surface area contributed by atoms with Crippen molar-refractivity contribution < 1.29 is 28.9 Å². The van der Waals surface area contributed by atoms with E-state index >= 15 is 0 Å². The number of Topliss-reactive ketones (excluding diaryl/α,β-unsaturated/α-hetero) is 1. The van der Waals surface area contributed by atoms with E-state index in [-0.39, 0.29) is 11.3 Å². The molecule has 7 nitrogen and oxygen atoms in total. The molecular weight excluding hydrogens is 470 g/mol.